The molecule has 3 amide bonds. The Labute approximate surface area is 163 Å². The Morgan fingerprint density at radius 3 is 2.75 bits per heavy atom. The normalized spacial score (nSPS) is 18.8. The van der Waals surface area contributed by atoms with Crippen molar-refractivity contribution in [3.8, 4) is 11.1 Å². The molecule has 0 bridgehead atoms. The van der Waals surface area contributed by atoms with Gasteiger partial charge in [-0.15, -0.1) is 0 Å². The number of amides is 3. The summed E-state index contributed by atoms with van der Waals surface area (Å²) >= 11 is 0. The summed E-state index contributed by atoms with van der Waals surface area (Å²) in [7, 11) is 0. The highest BCUT2D eigenvalue weighted by Crippen LogP contribution is 2.29. The van der Waals surface area contributed by atoms with Gasteiger partial charge in [-0.1, -0.05) is 0 Å². The van der Waals surface area contributed by atoms with Crippen LogP contribution in [0.15, 0.2) is 30.7 Å². The predicted molar refractivity (Wildman–Crippen MR) is 104 cm³/mol. The molecule has 1 atom stereocenters. The SMILES string of the molecule is NC(=O)N1CCCc2cc(-c3cncc(CC(=O)N4CCC(O)C4)c3)cnc21. The van der Waals surface area contributed by atoms with Crippen LogP contribution in [0.5, 0.6) is 0 Å². The Hall–Kier alpha value is -3.00. The number of nitrogens with zero attached hydrogens (tertiary/aromatic N) is 4. The van der Waals surface area contributed by atoms with E-state index < -0.39 is 12.1 Å². The van der Waals surface area contributed by atoms with Crippen LogP contribution in [0.4, 0.5) is 10.6 Å². The number of fused-ring (bicyclic) bond motifs is 1. The molecule has 2 aliphatic heterocycles. The van der Waals surface area contributed by atoms with Gasteiger partial charge in [0.2, 0.25) is 5.91 Å². The van der Waals surface area contributed by atoms with Gasteiger partial charge in [0.05, 0.1) is 12.5 Å². The van der Waals surface area contributed by atoms with E-state index in [0.29, 0.717) is 31.9 Å². The van der Waals surface area contributed by atoms with E-state index in [2.05, 4.69) is 9.97 Å². The molecule has 0 spiro atoms. The number of urea groups is 1. The summed E-state index contributed by atoms with van der Waals surface area (Å²) in [5, 5.41) is 9.61. The zero-order valence-electron chi connectivity index (χ0n) is 15.5. The Kier molecular flexibility index (Phi) is 4.95. The van der Waals surface area contributed by atoms with Crippen LogP contribution in [-0.2, 0) is 17.6 Å². The number of carbonyl (C=O) groups excluding carboxylic acids is 2. The van der Waals surface area contributed by atoms with E-state index >= 15 is 0 Å². The first-order valence-corrected chi connectivity index (χ1v) is 9.47. The molecule has 4 rings (SSSR count). The number of anilines is 1. The summed E-state index contributed by atoms with van der Waals surface area (Å²) < 4.78 is 0. The molecule has 8 nitrogen and oxygen atoms in total. The lowest BCUT2D eigenvalue weighted by atomic mass is 10.0. The largest absolute Gasteiger partial charge is 0.391 e. The minimum absolute atomic E-state index is 0.00355. The second-order valence-electron chi connectivity index (χ2n) is 7.34. The molecular formula is C20H23N5O3. The number of carbonyl (C=O) groups is 2. The maximum atomic E-state index is 12.4. The van der Waals surface area contributed by atoms with Crippen molar-refractivity contribution in [2.75, 3.05) is 24.5 Å². The number of aromatic nitrogens is 2. The highest BCUT2D eigenvalue weighted by atomic mass is 16.3. The fourth-order valence-corrected chi connectivity index (χ4v) is 3.83. The molecule has 0 radical (unpaired) electrons. The molecule has 1 unspecified atom stereocenters. The van der Waals surface area contributed by atoms with Crippen molar-refractivity contribution in [1.82, 2.24) is 14.9 Å². The Morgan fingerprint density at radius 1 is 1.18 bits per heavy atom. The van der Waals surface area contributed by atoms with Crippen LogP contribution >= 0.6 is 0 Å². The van der Waals surface area contributed by atoms with E-state index in [1.807, 2.05) is 12.1 Å². The van der Waals surface area contributed by atoms with Gasteiger partial charge in [0.15, 0.2) is 0 Å². The first-order chi connectivity index (χ1) is 13.5. The highest BCUT2D eigenvalue weighted by Gasteiger charge is 2.25. The lowest BCUT2D eigenvalue weighted by molar-refractivity contribution is -0.129. The average molecular weight is 381 g/mol. The molecule has 3 N–H and O–H groups in total. The number of nitrogens with two attached hydrogens (primary N) is 1. The van der Waals surface area contributed by atoms with Gasteiger partial charge in [-0.2, -0.15) is 0 Å². The number of rotatable bonds is 3. The molecule has 1 fully saturated rings. The molecule has 0 aliphatic carbocycles. The van der Waals surface area contributed by atoms with Crippen LogP contribution < -0.4 is 10.6 Å². The minimum atomic E-state index is -0.490. The number of primary amides is 1. The first-order valence-electron chi connectivity index (χ1n) is 9.47. The molecule has 2 aliphatic rings. The number of aryl methyl sites for hydroxylation is 1. The topological polar surface area (TPSA) is 113 Å². The smallest absolute Gasteiger partial charge is 0.320 e. The molecular weight excluding hydrogens is 358 g/mol. The molecule has 146 valence electrons. The molecule has 4 heterocycles. The van der Waals surface area contributed by atoms with Gasteiger partial charge in [-0.25, -0.2) is 9.78 Å². The Bertz CT molecular complexity index is 916. The van der Waals surface area contributed by atoms with Gasteiger partial charge in [-0.05, 0) is 42.5 Å². The Balaban J connectivity index is 1.54. The zero-order chi connectivity index (χ0) is 19.7. The zero-order valence-corrected chi connectivity index (χ0v) is 15.5. The van der Waals surface area contributed by atoms with E-state index in [-0.39, 0.29) is 12.3 Å². The molecule has 1 saturated heterocycles. The van der Waals surface area contributed by atoms with Gasteiger partial charge in [0, 0.05) is 49.4 Å². The number of aliphatic hydroxyl groups is 1. The number of pyridine rings is 2. The predicted octanol–water partition coefficient (Wildman–Crippen LogP) is 1.11. The molecule has 0 aromatic carbocycles. The Morgan fingerprint density at radius 2 is 2.00 bits per heavy atom. The standard InChI is InChI=1S/C20H23N5O3/c21-20(28)25-4-1-2-14-8-16(11-23-19(14)25)15-6-13(9-22-10-15)7-18(27)24-5-3-17(26)12-24/h6,8-11,17,26H,1-5,7,12H2,(H2,21,28). The van der Waals surface area contributed by atoms with Crippen LogP contribution in [0.3, 0.4) is 0 Å². The van der Waals surface area contributed by atoms with Gasteiger partial charge in [-0.3, -0.25) is 14.7 Å². The van der Waals surface area contributed by atoms with Crippen molar-refractivity contribution in [1.29, 1.82) is 0 Å². The monoisotopic (exact) mass is 381 g/mol. The quantitative estimate of drug-likeness (QED) is 0.827. The van der Waals surface area contributed by atoms with E-state index in [9.17, 15) is 14.7 Å². The fraction of sp³-hybridized carbons (Fsp3) is 0.400. The third kappa shape index (κ3) is 3.68. The van der Waals surface area contributed by atoms with Gasteiger partial charge >= 0.3 is 6.03 Å². The number of hydrogen-bond acceptors (Lipinski definition) is 5. The third-order valence-electron chi connectivity index (χ3n) is 5.29. The molecule has 2 aromatic heterocycles. The summed E-state index contributed by atoms with van der Waals surface area (Å²) in [6.45, 7) is 1.58. The number of likely N-dealkylation sites (tertiary alicyclic amines) is 1. The summed E-state index contributed by atoms with van der Waals surface area (Å²) in [6, 6.07) is 3.46. The van der Waals surface area contributed by atoms with Crippen molar-refractivity contribution in [2.24, 2.45) is 5.73 Å². The van der Waals surface area contributed by atoms with Crippen molar-refractivity contribution >= 4 is 17.8 Å². The van der Waals surface area contributed by atoms with Crippen LogP contribution in [0.1, 0.15) is 24.0 Å². The van der Waals surface area contributed by atoms with E-state index in [1.54, 1.807) is 23.5 Å². The van der Waals surface area contributed by atoms with Crippen molar-refractivity contribution < 1.29 is 14.7 Å². The van der Waals surface area contributed by atoms with E-state index in [4.69, 9.17) is 5.73 Å². The highest BCUT2D eigenvalue weighted by molar-refractivity contribution is 5.91. The minimum Gasteiger partial charge on any atom is -0.391 e. The maximum absolute atomic E-state index is 12.4. The van der Waals surface area contributed by atoms with Crippen LogP contribution in [0, 0.1) is 0 Å². The van der Waals surface area contributed by atoms with Gasteiger partial charge in [0.25, 0.3) is 0 Å². The molecule has 2 aromatic rings. The average Bonchev–Trinajstić information content (AvgIpc) is 3.13. The van der Waals surface area contributed by atoms with Crippen LogP contribution in [-0.4, -0.2) is 57.7 Å². The molecule has 0 saturated carbocycles. The lowest BCUT2D eigenvalue weighted by Crippen LogP contribution is -2.40. The molecule has 8 heteroatoms. The summed E-state index contributed by atoms with van der Waals surface area (Å²) in [5.74, 6) is 0.616. The second-order valence-corrected chi connectivity index (χ2v) is 7.34. The number of β-amino-alcohol motifs (C(OH)–C–C–N with tert-alkyl or cyclic N) is 1. The van der Waals surface area contributed by atoms with Crippen molar-refractivity contribution in [3.63, 3.8) is 0 Å². The van der Waals surface area contributed by atoms with E-state index in [0.717, 1.165) is 35.1 Å². The number of hydrogen-bond donors (Lipinski definition) is 2. The first kappa shape index (κ1) is 18.4. The second kappa shape index (κ2) is 7.55. The lowest BCUT2D eigenvalue weighted by Gasteiger charge is -2.26. The molecule has 28 heavy (non-hydrogen) atoms. The van der Waals surface area contributed by atoms with Crippen molar-refractivity contribution in [2.45, 2.75) is 31.8 Å². The van der Waals surface area contributed by atoms with Gasteiger partial charge in [0.1, 0.15) is 5.82 Å². The maximum Gasteiger partial charge on any atom is 0.320 e. The summed E-state index contributed by atoms with van der Waals surface area (Å²) in [5.41, 5.74) is 9.01. The van der Waals surface area contributed by atoms with Crippen LogP contribution in [0.2, 0.25) is 0 Å². The van der Waals surface area contributed by atoms with Crippen LogP contribution in [0.25, 0.3) is 11.1 Å². The fourth-order valence-electron chi connectivity index (χ4n) is 3.83. The van der Waals surface area contributed by atoms with E-state index in [1.165, 1.54) is 4.90 Å². The van der Waals surface area contributed by atoms with Gasteiger partial charge < -0.3 is 15.7 Å². The third-order valence-corrected chi connectivity index (χ3v) is 5.29. The number of aliphatic hydroxyl groups excluding tert-OH is 1. The summed E-state index contributed by atoms with van der Waals surface area (Å²) in [6.07, 6.45) is 7.28. The van der Waals surface area contributed by atoms with Crippen molar-refractivity contribution in [3.05, 3.63) is 41.9 Å². The summed E-state index contributed by atoms with van der Waals surface area (Å²) in [4.78, 5) is 35.9.